The number of cyclic esters (lactones) is 2. The van der Waals surface area contributed by atoms with Crippen LogP contribution in [0.25, 0.3) is 22.6 Å². The van der Waals surface area contributed by atoms with Gasteiger partial charge in [-0.05, 0) is 83.8 Å². The second kappa shape index (κ2) is 28.0. The van der Waals surface area contributed by atoms with Gasteiger partial charge in [0.1, 0.15) is 71.8 Å². The number of ketones is 1. The molecule has 0 saturated carbocycles. The van der Waals surface area contributed by atoms with Crippen molar-refractivity contribution in [2.45, 2.75) is 175 Å². The molecule has 10 amide bonds. The molecule has 12 atom stereocenters. The first-order valence-corrected chi connectivity index (χ1v) is 31.0. The molecule has 4 saturated heterocycles. The number of ether oxygens (including phenoxy) is 2. The Hall–Kier alpha value is -8.76. The molecular weight excluding hydrogens is 1220 g/mol. The monoisotopic (exact) mass is 1300 g/mol. The zero-order valence-electron chi connectivity index (χ0n) is 54.6. The normalized spacial score (nSPS) is 27.5. The van der Waals surface area contributed by atoms with E-state index in [9.17, 15) is 57.5 Å². The van der Waals surface area contributed by atoms with E-state index in [4.69, 9.17) is 36.2 Å². The third-order valence-corrected chi connectivity index (χ3v) is 18.2. The van der Waals surface area contributed by atoms with Gasteiger partial charge in [-0.3, -0.25) is 57.5 Å². The van der Waals surface area contributed by atoms with Crippen molar-refractivity contribution >= 4 is 105 Å². The van der Waals surface area contributed by atoms with E-state index in [0.29, 0.717) is 12.0 Å². The molecule has 30 heteroatoms. The van der Waals surface area contributed by atoms with Crippen molar-refractivity contribution < 1.29 is 76.2 Å². The first-order chi connectivity index (χ1) is 43.0. The van der Waals surface area contributed by atoms with E-state index >= 15 is 9.59 Å². The van der Waals surface area contributed by atoms with E-state index in [1.165, 1.54) is 77.8 Å². The molecule has 7 rings (SSSR count). The number of nitrogens with two attached hydrogens (primary N) is 1. The number of benzene rings is 2. The summed E-state index contributed by atoms with van der Waals surface area (Å²) in [5.41, 5.74) is 3.09. The van der Waals surface area contributed by atoms with Crippen LogP contribution in [0.4, 0.5) is 5.69 Å². The minimum absolute atomic E-state index is 0.115. The number of rotatable bonds is 8. The van der Waals surface area contributed by atoms with E-state index in [2.05, 4.69) is 21.3 Å². The minimum atomic E-state index is -2.07. The van der Waals surface area contributed by atoms with E-state index in [1.807, 2.05) is 0 Å². The maximum Gasteiger partial charge on any atom is 0.329 e. The highest BCUT2D eigenvalue weighted by molar-refractivity contribution is 6.19. The van der Waals surface area contributed by atoms with Crippen LogP contribution in [-0.2, 0) is 62.2 Å². The summed E-state index contributed by atoms with van der Waals surface area (Å²) >= 11 is 6.49. The van der Waals surface area contributed by atoms with Crippen molar-refractivity contribution in [2.75, 3.05) is 52.9 Å². The highest BCUT2D eigenvalue weighted by Gasteiger charge is 2.50. The lowest BCUT2D eigenvalue weighted by atomic mass is 9.98. The van der Waals surface area contributed by atoms with E-state index in [0.717, 1.165) is 19.6 Å². The number of aromatic nitrogens is 1. The predicted molar refractivity (Wildman–Crippen MR) is 331 cm³/mol. The highest BCUT2D eigenvalue weighted by Crippen LogP contribution is 2.36. The number of aryl methyl sites for hydroxylation is 1. The molecule has 0 spiro atoms. The number of alkyl halides is 1. The van der Waals surface area contributed by atoms with Crippen LogP contribution in [0, 0.1) is 31.6 Å². The Labute approximate surface area is 536 Å². The first kappa shape index (κ1) is 70.7. The highest BCUT2D eigenvalue weighted by atomic mass is 35.5. The largest absolute Gasteiger partial charge is 0.458 e. The molecule has 0 bridgehead atoms. The van der Waals surface area contributed by atoms with Gasteiger partial charge in [-0.1, -0.05) is 47.6 Å². The van der Waals surface area contributed by atoms with Crippen molar-refractivity contribution in [3.8, 4) is 11.5 Å². The number of Topliss-reactive ketones (excluding diaryl/α,β-unsaturated/α-hetero) is 1. The second-order valence-corrected chi connectivity index (χ2v) is 25.7. The fourth-order valence-corrected chi connectivity index (χ4v) is 12.3. The van der Waals surface area contributed by atoms with Gasteiger partial charge in [0.25, 0.3) is 11.8 Å². The number of carbonyl (C=O) groups excluding carboxylic acids is 13. The fraction of sp³-hybridized carbons (Fsp3) is 0.597. The molecule has 0 aromatic heterocycles. The van der Waals surface area contributed by atoms with Gasteiger partial charge in [0.05, 0.1) is 41.8 Å². The average Bonchev–Trinajstić information content (AvgIpc) is 0.948. The lowest BCUT2D eigenvalue weighted by Crippen LogP contribution is -2.62. The van der Waals surface area contributed by atoms with Crippen LogP contribution in [0.2, 0.25) is 0 Å². The number of fused-ring (bicyclic) bond motifs is 4. The molecule has 6 aliphatic rings. The quantitative estimate of drug-likeness (QED) is 0.0874. The molecule has 0 radical (unpaired) electrons. The summed E-state index contributed by atoms with van der Waals surface area (Å²) in [7, 11) is 5.33. The second-order valence-electron chi connectivity index (χ2n) is 25.4. The minimum Gasteiger partial charge on any atom is -0.458 e. The van der Waals surface area contributed by atoms with Crippen LogP contribution in [0.3, 0.4) is 0 Å². The Balaban J connectivity index is 1.33. The Bertz CT molecular complexity index is 3550. The summed E-state index contributed by atoms with van der Waals surface area (Å²) in [6.07, 6.45) is -3.09. The van der Waals surface area contributed by atoms with E-state index < -0.39 is 215 Å². The molecule has 29 nitrogen and oxygen atoms in total. The number of amides is 10. The van der Waals surface area contributed by atoms with Crippen molar-refractivity contribution in [3.05, 3.63) is 44.6 Å². The van der Waals surface area contributed by atoms with Crippen LogP contribution in [0.1, 0.15) is 120 Å². The summed E-state index contributed by atoms with van der Waals surface area (Å²) < 4.78 is 18.1. The Morgan fingerprint density at radius 2 is 1.22 bits per heavy atom. The smallest absolute Gasteiger partial charge is 0.329 e. The molecule has 500 valence electrons. The van der Waals surface area contributed by atoms with Crippen LogP contribution in [0.5, 0.6) is 0 Å². The summed E-state index contributed by atoms with van der Waals surface area (Å²) in [4.78, 5) is 212. The van der Waals surface area contributed by atoms with Crippen LogP contribution >= 0.6 is 11.6 Å². The number of esters is 2. The summed E-state index contributed by atoms with van der Waals surface area (Å²) in [5, 5.41) is 10.4. The molecule has 5 aliphatic heterocycles. The van der Waals surface area contributed by atoms with Crippen molar-refractivity contribution in [1.82, 2.24) is 55.7 Å². The molecular formula is C62H83ClN12O17. The Morgan fingerprint density at radius 1 is 0.674 bits per heavy atom. The number of likely N-dealkylation sites (N-methyl/N-ethyl adjacent to an activating group) is 4. The number of hydrogen-bond donors (Lipinski definition) is 5. The maximum absolute atomic E-state index is 15.2. The molecule has 6 N–H and O–H groups in total. The van der Waals surface area contributed by atoms with Gasteiger partial charge in [-0.2, -0.15) is 0 Å². The molecule has 1 aromatic rings. The van der Waals surface area contributed by atoms with Gasteiger partial charge in [0.15, 0.2) is 17.1 Å². The number of nitrogens with one attached hydrogen (secondary N) is 4. The Morgan fingerprint density at radius 3 is 1.78 bits per heavy atom. The number of halogens is 1. The van der Waals surface area contributed by atoms with Gasteiger partial charge >= 0.3 is 11.9 Å². The third-order valence-electron chi connectivity index (χ3n) is 17.9. The zero-order valence-corrected chi connectivity index (χ0v) is 55.3. The van der Waals surface area contributed by atoms with Gasteiger partial charge in [-0.15, -0.1) is 11.6 Å². The van der Waals surface area contributed by atoms with Crippen LogP contribution < -0.4 is 32.4 Å². The summed E-state index contributed by atoms with van der Waals surface area (Å²) in [6.45, 7) is 17.4. The summed E-state index contributed by atoms with van der Waals surface area (Å²) in [6, 6.07) is -10.7. The predicted octanol–water partition coefficient (Wildman–Crippen LogP) is 0.264. The van der Waals surface area contributed by atoms with Crippen molar-refractivity contribution in [3.63, 3.8) is 0 Å². The van der Waals surface area contributed by atoms with Gasteiger partial charge in [-0.25, -0.2) is 14.6 Å². The zero-order chi connectivity index (χ0) is 68.7. The molecule has 5 heterocycles. The molecule has 4 fully saturated rings. The SMILES string of the molecule is Cc1c2oc3c(C)ccc(C(=O)N[C@@H]4C(=O)N[C@H](C(C)C)C(=O)N5[C@H](C)CC[C@H]5C(=O)N(C)CC(=O)N(C)[C@H](C(C)C)C(=O)O[C@@H]4C)c3nc-2c(C(=O)N[C@@H]2C(=O)N[C@@H](C(C)C)C(=O)N3[C@H](CC(=O)[C@@H]3C)C(=O)N(C)CC(=O)N(C)[C@@H](C)C(=O)O[C@H]2CCl)c(N)c1=O. The van der Waals surface area contributed by atoms with E-state index in [1.54, 1.807) is 55.4 Å². The van der Waals surface area contributed by atoms with Crippen LogP contribution in [-0.4, -0.2) is 231 Å². The maximum atomic E-state index is 15.2. The van der Waals surface area contributed by atoms with Gasteiger partial charge in [0.2, 0.25) is 52.7 Å². The lowest BCUT2D eigenvalue weighted by Gasteiger charge is -2.37. The van der Waals surface area contributed by atoms with Crippen LogP contribution in [0.15, 0.2) is 21.3 Å². The third kappa shape index (κ3) is 13.7. The average molecular weight is 1300 g/mol. The molecule has 1 aromatic carbocycles. The first-order valence-electron chi connectivity index (χ1n) is 30.5. The van der Waals surface area contributed by atoms with Gasteiger partial charge < -0.3 is 70.3 Å². The molecule has 92 heavy (non-hydrogen) atoms. The number of nitrogen functional groups attached to an aromatic ring is 1. The van der Waals surface area contributed by atoms with Crippen molar-refractivity contribution in [2.24, 2.45) is 17.8 Å². The topological polar surface area (TPSA) is 377 Å². The van der Waals surface area contributed by atoms with Crippen molar-refractivity contribution in [1.29, 1.82) is 0 Å². The standard InChI is InChI=1S/C62H83ClN12O17/c1-25(2)43-59(86)74-29(8)18-20-35(74)57(84)70(13)24-40(78)73(16)49(27(5)6)62(89)90-33(12)45(55(82)66-43)68-53(80)34-19-17-28(7)51-46(34)65-48-41(42(64)50(79)30(9)52(48)92-51)54(81)69-47-38(22-63)91-61(88)32(11)72(15)39(77)23-71(14)58(85)36-21-37(76)31(10)75(36)60(87)44(26(3)4)67-56(47)83/h17,19,25-27,29,31-33,35-36,38,43-45,47,49H,18,20-24,64H2,1-16H3,(H,66,82)(H,67,83)(H,68,80)(H,69,81)/t29-,31+,32+,33-,35+,36-,38+,43-,44+,45+,47+,49-/m1/s1. The summed E-state index contributed by atoms with van der Waals surface area (Å²) in [5.74, 6) is -14.4. The number of carbonyl (C=O) groups is 13. The van der Waals surface area contributed by atoms with Gasteiger partial charge in [0, 0.05) is 46.2 Å². The number of hydrogen-bond acceptors (Lipinski definition) is 19. The Kier molecular flexibility index (Phi) is 21.5. The molecule has 1 aliphatic carbocycles. The fourth-order valence-electron chi connectivity index (χ4n) is 12.1. The van der Waals surface area contributed by atoms with E-state index in [-0.39, 0.29) is 34.4 Å². The lowest BCUT2D eigenvalue weighted by molar-refractivity contribution is -0.163. The number of anilines is 1. The molecule has 0 unspecified atom stereocenters. The number of nitrogens with zero attached hydrogens (tertiary/aromatic N) is 7.